The summed E-state index contributed by atoms with van der Waals surface area (Å²) in [5, 5.41) is 0. The van der Waals surface area contributed by atoms with Gasteiger partial charge in [0.2, 0.25) is 0 Å². The second-order valence-electron chi connectivity index (χ2n) is 10.8. The van der Waals surface area contributed by atoms with E-state index in [2.05, 4.69) is 9.16 Å². The van der Waals surface area contributed by atoms with Gasteiger partial charge in [-0.3, -0.25) is 0 Å². The van der Waals surface area contributed by atoms with Gasteiger partial charge >= 0.3 is 65.5 Å². The van der Waals surface area contributed by atoms with Crippen LogP contribution in [0.15, 0.2) is 0 Å². The minimum atomic E-state index is -9.17. The van der Waals surface area contributed by atoms with Crippen LogP contribution in [0.3, 0.4) is 0 Å². The maximum Gasteiger partial charge on any atom is 0.494 e. The summed E-state index contributed by atoms with van der Waals surface area (Å²) in [6, 6.07) is 0. The first-order chi connectivity index (χ1) is 25.5. The van der Waals surface area contributed by atoms with Crippen molar-refractivity contribution < 1.29 is 125 Å². The average Bonchev–Trinajstić information content (AvgIpc) is 3.07. The largest absolute Gasteiger partial charge is 0.494 e. The first-order valence-corrected chi connectivity index (χ1v) is 19.9. The van der Waals surface area contributed by atoms with E-state index in [1.807, 2.05) is 0 Å². The van der Waals surface area contributed by atoms with Gasteiger partial charge in [0.1, 0.15) is 13.2 Å². The lowest BCUT2D eigenvalue weighted by Gasteiger charge is -2.45. The van der Waals surface area contributed by atoms with Gasteiger partial charge in [0.05, 0.1) is 79.3 Å². The topological polar surface area (TPSA) is 73.8 Å². The number of hydrogen-bond donors (Lipinski definition) is 0. The summed E-state index contributed by atoms with van der Waals surface area (Å²) in [6.07, 6.45) is -5.07. The number of ether oxygens (including phenoxy) is 7. The molecule has 0 aliphatic heterocycles. The standard InChI is InChI=1S/C25H31Cl3F20O8Si/c1-49-2-3-50-4-5-51-6-7-52-8-9-53-10-11-54-12-13-55-14-16(29,30)18(33,34)20(37,38)22(41,42)24(45,46)25(47,48)23(43,44)21(39,40)19(35,36)17(31,32)15-56-57(26,27)28/h2-15H2,1H3. The molecule has 0 fully saturated rings. The fourth-order valence-corrected chi connectivity index (χ4v) is 4.27. The molecule has 0 amide bonds. The normalized spacial score (nSPS) is 15.2. The predicted molar refractivity (Wildman–Crippen MR) is 156 cm³/mol. The zero-order chi connectivity index (χ0) is 45.1. The van der Waals surface area contributed by atoms with Gasteiger partial charge in [-0.25, -0.2) is 0 Å². The Balaban J connectivity index is 5.40. The van der Waals surface area contributed by atoms with E-state index in [9.17, 15) is 87.8 Å². The van der Waals surface area contributed by atoms with Crippen molar-refractivity contribution in [2.75, 3.05) is 99.6 Å². The monoisotopic (exact) mass is 972 g/mol. The fourth-order valence-electron chi connectivity index (χ4n) is 3.44. The van der Waals surface area contributed by atoms with Crippen LogP contribution in [0.1, 0.15) is 0 Å². The molecule has 0 aromatic carbocycles. The molecule has 0 aliphatic rings. The number of methoxy groups -OCH3 is 1. The molecule has 0 aromatic rings. The molecule has 0 unspecified atom stereocenters. The fraction of sp³-hybridized carbons (Fsp3) is 1.00. The van der Waals surface area contributed by atoms with Gasteiger partial charge in [0.25, 0.3) is 0 Å². The van der Waals surface area contributed by atoms with Crippen LogP contribution in [0.4, 0.5) is 87.8 Å². The van der Waals surface area contributed by atoms with Gasteiger partial charge in [-0.2, -0.15) is 87.8 Å². The molecule has 8 nitrogen and oxygen atoms in total. The molecule has 0 aromatic heterocycles. The van der Waals surface area contributed by atoms with Crippen molar-refractivity contribution in [3.63, 3.8) is 0 Å². The second kappa shape index (κ2) is 21.4. The Hall–Kier alpha value is -0.633. The summed E-state index contributed by atoms with van der Waals surface area (Å²) < 4.78 is 317. The van der Waals surface area contributed by atoms with Crippen LogP contribution in [-0.2, 0) is 37.6 Å². The van der Waals surface area contributed by atoms with Crippen molar-refractivity contribution in [1.29, 1.82) is 0 Å². The Morgan fingerprint density at radius 1 is 0.316 bits per heavy atom. The van der Waals surface area contributed by atoms with Gasteiger partial charge < -0.3 is 37.6 Å². The Bertz CT molecular complexity index is 1190. The van der Waals surface area contributed by atoms with Gasteiger partial charge in [0.15, 0.2) is 0 Å². The zero-order valence-corrected chi connectivity index (χ0v) is 31.6. The van der Waals surface area contributed by atoms with Crippen LogP contribution >= 0.6 is 33.2 Å². The van der Waals surface area contributed by atoms with Crippen LogP contribution in [0.25, 0.3) is 0 Å². The Morgan fingerprint density at radius 3 is 0.772 bits per heavy atom. The summed E-state index contributed by atoms with van der Waals surface area (Å²) in [4.78, 5) is 0. The minimum absolute atomic E-state index is 0.0365. The highest BCUT2D eigenvalue weighted by Gasteiger charge is 2.97. The van der Waals surface area contributed by atoms with Crippen LogP contribution in [0.2, 0.25) is 0 Å². The Kier molecular flexibility index (Phi) is 21.2. The van der Waals surface area contributed by atoms with Gasteiger partial charge in [-0.15, -0.1) is 0 Å². The number of alkyl halides is 20. The van der Waals surface area contributed by atoms with E-state index in [-0.39, 0.29) is 39.6 Å². The molecule has 0 saturated carbocycles. The van der Waals surface area contributed by atoms with Crippen molar-refractivity contribution in [2.45, 2.75) is 59.2 Å². The molecule has 0 rings (SSSR count). The van der Waals surface area contributed by atoms with E-state index < -0.39 is 98.5 Å². The van der Waals surface area contributed by atoms with E-state index in [4.69, 9.17) is 61.7 Å². The summed E-state index contributed by atoms with van der Waals surface area (Å²) >= 11 is 14.4. The molecule has 32 heteroatoms. The van der Waals surface area contributed by atoms with Crippen LogP contribution in [0, 0.1) is 0 Å². The predicted octanol–water partition coefficient (Wildman–Crippen LogP) is 8.25. The third-order valence-electron chi connectivity index (χ3n) is 6.67. The third-order valence-corrected chi connectivity index (χ3v) is 8.13. The third kappa shape index (κ3) is 13.2. The highest BCUT2D eigenvalue weighted by molar-refractivity contribution is 7.62. The molecule has 0 atom stereocenters. The number of rotatable bonds is 32. The highest BCUT2D eigenvalue weighted by atomic mass is 35.8. The number of hydrogen-bond acceptors (Lipinski definition) is 8. The molecule has 0 saturated heterocycles. The van der Waals surface area contributed by atoms with Crippen molar-refractivity contribution in [3.8, 4) is 0 Å². The van der Waals surface area contributed by atoms with Gasteiger partial charge in [-0.05, 0) is 0 Å². The maximum atomic E-state index is 14.1. The lowest BCUT2D eigenvalue weighted by molar-refractivity contribution is -0.470. The molecule has 344 valence electrons. The quantitative estimate of drug-likeness (QED) is 0.0289. The molecule has 57 heavy (non-hydrogen) atoms. The summed E-state index contributed by atoms with van der Waals surface area (Å²) in [5.41, 5.74) is 0. The van der Waals surface area contributed by atoms with Gasteiger partial charge in [0, 0.05) is 7.11 Å². The molecular weight excluding hydrogens is 943 g/mol. The molecule has 0 spiro atoms. The molecule has 0 bridgehead atoms. The minimum Gasteiger partial charge on any atom is -0.382 e. The molecular formula is C25H31Cl3F20O8Si. The highest BCUT2D eigenvalue weighted by Crippen LogP contribution is 2.66. The van der Waals surface area contributed by atoms with Crippen molar-refractivity contribution in [2.24, 2.45) is 0 Å². The molecule has 0 aliphatic carbocycles. The van der Waals surface area contributed by atoms with Gasteiger partial charge in [-0.1, -0.05) is 33.2 Å². The van der Waals surface area contributed by atoms with E-state index >= 15 is 0 Å². The molecule has 0 heterocycles. The first-order valence-electron chi connectivity index (χ1n) is 15.0. The maximum absolute atomic E-state index is 14.1. The molecule has 0 N–H and O–H groups in total. The van der Waals surface area contributed by atoms with Crippen LogP contribution in [0.5, 0.6) is 0 Å². The Morgan fingerprint density at radius 2 is 0.526 bits per heavy atom. The van der Waals surface area contributed by atoms with E-state index in [0.717, 1.165) is 0 Å². The second-order valence-corrected chi connectivity index (χ2v) is 18.6. The smallest absolute Gasteiger partial charge is 0.382 e. The van der Waals surface area contributed by atoms with Crippen LogP contribution < -0.4 is 0 Å². The number of halogens is 23. The van der Waals surface area contributed by atoms with Crippen LogP contribution in [-0.4, -0.2) is 165 Å². The average molecular weight is 974 g/mol. The van der Waals surface area contributed by atoms with Crippen molar-refractivity contribution in [3.05, 3.63) is 0 Å². The molecule has 0 radical (unpaired) electrons. The Labute approximate surface area is 323 Å². The SMILES string of the molecule is COCCOCCOCCOCCOCCOCCOCC(F)(F)C(F)(F)C(F)(F)C(F)(F)C(F)(F)C(F)(F)C(F)(F)C(F)(F)C(F)(F)C(F)(F)CO[Si](Cl)(Cl)Cl. The lowest BCUT2D eigenvalue weighted by Crippen LogP contribution is -2.77. The summed E-state index contributed by atoms with van der Waals surface area (Å²) in [6.45, 7) is -7.66. The summed E-state index contributed by atoms with van der Waals surface area (Å²) in [7, 11) is 1.49. The van der Waals surface area contributed by atoms with Crippen molar-refractivity contribution >= 4 is 39.5 Å². The van der Waals surface area contributed by atoms with E-state index in [0.29, 0.717) is 19.8 Å². The van der Waals surface area contributed by atoms with E-state index in [1.54, 1.807) is 0 Å². The summed E-state index contributed by atoms with van der Waals surface area (Å²) in [5.74, 6) is -83.8. The zero-order valence-electron chi connectivity index (χ0n) is 28.4. The van der Waals surface area contributed by atoms with Crippen molar-refractivity contribution in [1.82, 2.24) is 0 Å². The lowest BCUT2D eigenvalue weighted by atomic mass is 9.85. The first kappa shape index (κ1) is 56.4. The van der Waals surface area contributed by atoms with E-state index in [1.165, 1.54) is 7.11 Å².